The molecule has 0 aliphatic carbocycles. The summed E-state index contributed by atoms with van der Waals surface area (Å²) in [7, 11) is 3.72. The van der Waals surface area contributed by atoms with E-state index in [1.54, 1.807) is 7.11 Å². The molecule has 4 heteroatoms. The van der Waals surface area contributed by atoms with E-state index in [0.717, 1.165) is 33.7 Å². The smallest absolute Gasteiger partial charge is 0.120 e. The number of hydrogen-bond acceptors (Lipinski definition) is 3. The zero-order valence-corrected chi connectivity index (χ0v) is 12.6. The Hall–Kier alpha value is -1.68. The highest BCUT2D eigenvalue weighted by Crippen LogP contribution is 2.23. The van der Waals surface area contributed by atoms with Gasteiger partial charge in [0.2, 0.25) is 0 Å². The average Bonchev–Trinajstić information content (AvgIpc) is 2.37. The number of rotatable bonds is 4. The quantitative estimate of drug-likeness (QED) is 0.873. The van der Waals surface area contributed by atoms with Gasteiger partial charge in [0.05, 0.1) is 7.11 Å². The van der Waals surface area contributed by atoms with Gasteiger partial charge in [0.25, 0.3) is 0 Å². The van der Waals surface area contributed by atoms with E-state index in [2.05, 4.69) is 33.0 Å². The number of halogens is 1. The number of benzene rings is 2. The third kappa shape index (κ3) is 3.64. The molecule has 100 valence electrons. The van der Waals surface area contributed by atoms with Crippen LogP contribution in [0.3, 0.4) is 0 Å². The highest BCUT2D eigenvalue weighted by atomic mass is 79.9. The molecule has 0 atom stereocenters. The van der Waals surface area contributed by atoms with Gasteiger partial charge >= 0.3 is 0 Å². The fourth-order valence-electron chi connectivity index (χ4n) is 1.98. The molecule has 3 nitrogen and oxygen atoms in total. The van der Waals surface area contributed by atoms with Gasteiger partial charge in [0.15, 0.2) is 0 Å². The van der Waals surface area contributed by atoms with Gasteiger partial charge in [-0.05, 0) is 35.9 Å². The van der Waals surface area contributed by atoms with Crippen LogP contribution in [-0.2, 0) is 6.54 Å². The zero-order valence-electron chi connectivity index (χ0n) is 11.1. The topological polar surface area (TPSA) is 38.5 Å². The lowest BCUT2D eigenvalue weighted by atomic mass is 10.2. The Kier molecular flexibility index (Phi) is 4.32. The van der Waals surface area contributed by atoms with Crippen molar-refractivity contribution in [2.45, 2.75) is 6.54 Å². The summed E-state index contributed by atoms with van der Waals surface area (Å²) in [5, 5.41) is 0. The third-order valence-electron chi connectivity index (χ3n) is 2.89. The Balaban J connectivity index is 2.17. The predicted octanol–water partition coefficient (Wildman–Crippen LogP) is 3.68. The fraction of sp³-hybridized carbons (Fsp3) is 0.200. The molecule has 2 rings (SSSR count). The number of nitrogens with two attached hydrogens (primary N) is 1. The largest absolute Gasteiger partial charge is 0.497 e. The number of ether oxygens (including phenoxy) is 1. The number of nitrogen functional groups attached to an aromatic ring is 1. The van der Waals surface area contributed by atoms with E-state index in [0.29, 0.717) is 0 Å². The first-order valence-corrected chi connectivity index (χ1v) is 6.78. The van der Waals surface area contributed by atoms with Crippen LogP contribution in [0.15, 0.2) is 46.9 Å². The minimum atomic E-state index is 0.767. The molecular weight excluding hydrogens is 304 g/mol. The first kappa shape index (κ1) is 13.7. The van der Waals surface area contributed by atoms with Crippen molar-refractivity contribution in [1.29, 1.82) is 0 Å². The first-order valence-electron chi connectivity index (χ1n) is 5.98. The van der Waals surface area contributed by atoms with E-state index in [9.17, 15) is 0 Å². The van der Waals surface area contributed by atoms with Crippen LogP contribution in [0.5, 0.6) is 5.75 Å². The van der Waals surface area contributed by atoms with Crippen molar-refractivity contribution < 1.29 is 4.74 Å². The van der Waals surface area contributed by atoms with Crippen molar-refractivity contribution >= 4 is 27.3 Å². The molecule has 0 radical (unpaired) electrons. The molecule has 0 aliphatic rings. The van der Waals surface area contributed by atoms with E-state index in [-0.39, 0.29) is 0 Å². The second kappa shape index (κ2) is 5.97. The van der Waals surface area contributed by atoms with Crippen molar-refractivity contribution in [1.82, 2.24) is 0 Å². The van der Waals surface area contributed by atoms with Gasteiger partial charge in [-0.25, -0.2) is 0 Å². The minimum absolute atomic E-state index is 0.767. The molecule has 0 bridgehead atoms. The van der Waals surface area contributed by atoms with Crippen LogP contribution in [0, 0.1) is 0 Å². The molecule has 0 heterocycles. The van der Waals surface area contributed by atoms with Gasteiger partial charge in [-0.3, -0.25) is 0 Å². The SMILES string of the molecule is COc1cccc(N(C)Cc2cc(N)cc(Br)c2)c1. The molecule has 0 aliphatic heterocycles. The average molecular weight is 321 g/mol. The van der Waals surface area contributed by atoms with Crippen molar-refractivity contribution in [3.05, 3.63) is 52.5 Å². The number of anilines is 2. The number of nitrogens with zero attached hydrogens (tertiary/aromatic N) is 1. The normalized spacial score (nSPS) is 10.3. The van der Waals surface area contributed by atoms with E-state index >= 15 is 0 Å². The summed E-state index contributed by atoms with van der Waals surface area (Å²) in [6.45, 7) is 0.788. The highest BCUT2D eigenvalue weighted by Gasteiger charge is 2.05. The van der Waals surface area contributed by atoms with E-state index in [4.69, 9.17) is 10.5 Å². The van der Waals surface area contributed by atoms with Gasteiger partial charge in [0.1, 0.15) is 5.75 Å². The van der Waals surface area contributed by atoms with Gasteiger partial charge in [-0.15, -0.1) is 0 Å². The molecule has 0 unspecified atom stereocenters. The molecule has 0 saturated carbocycles. The first-order chi connectivity index (χ1) is 9.08. The maximum atomic E-state index is 5.85. The van der Waals surface area contributed by atoms with Crippen LogP contribution in [0.2, 0.25) is 0 Å². The standard InChI is InChI=1S/C15H17BrN2O/c1-18(14-4-3-5-15(9-14)19-2)10-11-6-12(16)8-13(17)7-11/h3-9H,10,17H2,1-2H3. The molecule has 2 N–H and O–H groups in total. The van der Waals surface area contributed by atoms with Crippen LogP contribution >= 0.6 is 15.9 Å². The van der Waals surface area contributed by atoms with Crippen LogP contribution in [0.1, 0.15) is 5.56 Å². The lowest BCUT2D eigenvalue weighted by Gasteiger charge is -2.20. The van der Waals surface area contributed by atoms with Crippen LogP contribution in [-0.4, -0.2) is 14.2 Å². The van der Waals surface area contributed by atoms with Crippen molar-refractivity contribution in [3.63, 3.8) is 0 Å². The summed E-state index contributed by atoms with van der Waals surface area (Å²) in [4.78, 5) is 2.16. The van der Waals surface area contributed by atoms with Crippen LogP contribution in [0.25, 0.3) is 0 Å². The Bertz CT molecular complexity index is 552. The Labute approximate surface area is 122 Å². The van der Waals surface area contributed by atoms with Gasteiger partial charge in [-0.2, -0.15) is 0 Å². The number of hydrogen-bond donors (Lipinski definition) is 1. The van der Waals surface area contributed by atoms with Crippen LogP contribution in [0.4, 0.5) is 11.4 Å². The predicted molar refractivity (Wildman–Crippen MR) is 83.7 cm³/mol. The van der Waals surface area contributed by atoms with Gasteiger partial charge < -0.3 is 15.4 Å². The van der Waals surface area contributed by atoms with Crippen molar-refractivity contribution in [2.24, 2.45) is 0 Å². The maximum Gasteiger partial charge on any atom is 0.120 e. The maximum absolute atomic E-state index is 5.85. The fourth-order valence-corrected chi connectivity index (χ4v) is 2.54. The molecule has 19 heavy (non-hydrogen) atoms. The van der Waals surface area contributed by atoms with Gasteiger partial charge in [-0.1, -0.05) is 22.0 Å². The summed E-state index contributed by atoms with van der Waals surface area (Å²) in [5.41, 5.74) is 8.89. The summed E-state index contributed by atoms with van der Waals surface area (Å²) in [6.07, 6.45) is 0. The third-order valence-corrected chi connectivity index (χ3v) is 3.35. The Morgan fingerprint density at radius 3 is 2.68 bits per heavy atom. The van der Waals surface area contributed by atoms with Gasteiger partial charge in [0, 0.05) is 35.5 Å². The summed E-state index contributed by atoms with van der Waals surface area (Å²) in [5.74, 6) is 0.859. The van der Waals surface area contributed by atoms with Crippen molar-refractivity contribution in [3.8, 4) is 5.75 Å². The molecule has 2 aromatic carbocycles. The lowest BCUT2D eigenvalue weighted by Crippen LogP contribution is -2.16. The minimum Gasteiger partial charge on any atom is -0.497 e. The van der Waals surface area contributed by atoms with Crippen LogP contribution < -0.4 is 15.4 Å². The Morgan fingerprint density at radius 2 is 2.00 bits per heavy atom. The monoisotopic (exact) mass is 320 g/mol. The molecule has 0 aromatic heterocycles. The van der Waals surface area contributed by atoms with E-state index < -0.39 is 0 Å². The summed E-state index contributed by atoms with van der Waals surface area (Å²) >= 11 is 3.46. The second-order valence-corrected chi connectivity index (χ2v) is 5.37. The van der Waals surface area contributed by atoms with E-state index in [1.165, 1.54) is 0 Å². The number of methoxy groups -OCH3 is 1. The second-order valence-electron chi connectivity index (χ2n) is 4.45. The summed E-state index contributed by atoms with van der Waals surface area (Å²) in [6, 6.07) is 14.0. The molecular formula is C15H17BrN2O. The molecule has 0 spiro atoms. The van der Waals surface area contributed by atoms with E-state index in [1.807, 2.05) is 37.4 Å². The molecule has 0 fully saturated rings. The molecule has 0 amide bonds. The summed E-state index contributed by atoms with van der Waals surface area (Å²) < 4.78 is 6.24. The van der Waals surface area contributed by atoms with Crippen molar-refractivity contribution in [2.75, 3.05) is 24.8 Å². The Morgan fingerprint density at radius 1 is 1.21 bits per heavy atom. The lowest BCUT2D eigenvalue weighted by molar-refractivity contribution is 0.415. The molecule has 2 aromatic rings. The zero-order chi connectivity index (χ0) is 13.8. The highest BCUT2D eigenvalue weighted by molar-refractivity contribution is 9.10. The molecule has 0 saturated heterocycles.